The van der Waals surface area contributed by atoms with E-state index in [0.29, 0.717) is 31.2 Å². The van der Waals surface area contributed by atoms with E-state index in [1.165, 1.54) is 17.7 Å². The second-order valence-electron chi connectivity index (χ2n) is 7.89. The zero-order chi connectivity index (χ0) is 21.9. The predicted octanol–water partition coefficient (Wildman–Crippen LogP) is 3.52. The van der Waals surface area contributed by atoms with Gasteiger partial charge >= 0.3 is 0 Å². The summed E-state index contributed by atoms with van der Waals surface area (Å²) in [4.78, 5) is 24.9. The number of likely N-dealkylation sites (tertiary alicyclic amines) is 1. The quantitative estimate of drug-likeness (QED) is 0.186. The number of nitrogens with one attached hydrogen (secondary N) is 3. The minimum absolute atomic E-state index is 0. The summed E-state index contributed by atoms with van der Waals surface area (Å²) >= 11 is 1.81. The highest BCUT2D eigenvalue weighted by molar-refractivity contribution is 14.0. The van der Waals surface area contributed by atoms with Gasteiger partial charge in [0.25, 0.3) is 5.91 Å². The van der Waals surface area contributed by atoms with E-state index >= 15 is 0 Å². The van der Waals surface area contributed by atoms with Gasteiger partial charge in [-0.1, -0.05) is 13.0 Å². The summed E-state index contributed by atoms with van der Waals surface area (Å²) in [5.74, 6) is 1.48. The summed E-state index contributed by atoms with van der Waals surface area (Å²) in [5.41, 5.74) is 0.567. The maximum Gasteiger partial charge on any atom is 0.252 e. The molecule has 1 aliphatic heterocycles. The molecule has 9 heteroatoms. The Hall–Kier alpha value is -1.72. The van der Waals surface area contributed by atoms with Gasteiger partial charge in [0.05, 0.1) is 18.2 Å². The molecular formula is C23H35IN6OS. The van der Waals surface area contributed by atoms with Gasteiger partial charge in [0.1, 0.15) is 0 Å². The van der Waals surface area contributed by atoms with Crippen molar-refractivity contribution in [1.82, 2.24) is 25.8 Å². The molecule has 2 aromatic heterocycles. The van der Waals surface area contributed by atoms with Gasteiger partial charge in [-0.3, -0.25) is 19.7 Å². The minimum atomic E-state index is -0.117. The molecule has 0 spiro atoms. The van der Waals surface area contributed by atoms with Crippen molar-refractivity contribution in [2.24, 2.45) is 10.9 Å². The van der Waals surface area contributed by atoms with Crippen LogP contribution in [0.25, 0.3) is 0 Å². The lowest BCUT2D eigenvalue weighted by atomic mass is 9.97. The van der Waals surface area contributed by atoms with Gasteiger partial charge in [-0.05, 0) is 62.4 Å². The van der Waals surface area contributed by atoms with Gasteiger partial charge in [-0.15, -0.1) is 35.3 Å². The van der Waals surface area contributed by atoms with Crippen LogP contribution in [0.5, 0.6) is 0 Å². The molecular weight excluding hydrogens is 535 g/mol. The number of carbonyl (C=O) groups excluding carboxylic acids is 1. The Morgan fingerprint density at radius 1 is 1.22 bits per heavy atom. The number of pyridine rings is 1. The number of aliphatic imine (C=N–C) groups is 1. The Morgan fingerprint density at radius 2 is 2.00 bits per heavy atom. The highest BCUT2D eigenvalue weighted by atomic mass is 127. The molecule has 1 amide bonds. The van der Waals surface area contributed by atoms with Crippen molar-refractivity contribution in [2.75, 3.05) is 39.3 Å². The van der Waals surface area contributed by atoms with Crippen LogP contribution in [-0.2, 0) is 0 Å². The molecule has 3 heterocycles. The van der Waals surface area contributed by atoms with Crippen molar-refractivity contribution in [3.05, 3.63) is 52.5 Å². The van der Waals surface area contributed by atoms with Crippen molar-refractivity contribution in [1.29, 1.82) is 0 Å². The van der Waals surface area contributed by atoms with Crippen LogP contribution in [0.3, 0.4) is 0 Å². The summed E-state index contributed by atoms with van der Waals surface area (Å²) in [5, 5.41) is 11.7. The molecule has 1 unspecified atom stereocenters. The molecule has 1 atom stereocenters. The number of nitrogens with zero attached hydrogens (tertiary/aromatic N) is 3. The Morgan fingerprint density at radius 3 is 2.66 bits per heavy atom. The smallest absolute Gasteiger partial charge is 0.252 e. The fraction of sp³-hybridized carbons (Fsp3) is 0.522. The first-order valence-electron chi connectivity index (χ1n) is 11.1. The van der Waals surface area contributed by atoms with Gasteiger partial charge in [0.2, 0.25) is 0 Å². The fourth-order valence-corrected chi connectivity index (χ4v) is 4.53. The maximum absolute atomic E-state index is 12.1. The molecule has 3 rings (SSSR count). The van der Waals surface area contributed by atoms with Crippen LogP contribution < -0.4 is 16.0 Å². The lowest BCUT2D eigenvalue weighted by Crippen LogP contribution is -2.42. The van der Waals surface area contributed by atoms with E-state index in [4.69, 9.17) is 4.99 Å². The Bertz CT molecular complexity index is 809. The van der Waals surface area contributed by atoms with Crippen molar-refractivity contribution in [3.8, 4) is 0 Å². The number of guanidine groups is 1. The predicted molar refractivity (Wildman–Crippen MR) is 143 cm³/mol. The van der Waals surface area contributed by atoms with Crippen LogP contribution in [0.4, 0.5) is 0 Å². The number of amides is 1. The normalized spacial score (nSPS) is 16.1. The largest absolute Gasteiger partial charge is 0.357 e. The summed E-state index contributed by atoms with van der Waals surface area (Å²) in [6.45, 7) is 9.28. The maximum atomic E-state index is 12.1. The number of piperidine rings is 1. The molecule has 3 N–H and O–H groups in total. The van der Waals surface area contributed by atoms with Gasteiger partial charge < -0.3 is 16.0 Å². The Labute approximate surface area is 212 Å². The highest BCUT2D eigenvalue weighted by Gasteiger charge is 2.25. The molecule has 1 saturated heterocycles. The number of thiophene rings is 1. The van der Waals surface area contributed by atoms with E-state index in [1.54, 1.807) is 24.5 Å². The Kier molecular flexibility index (Phi) is 12.0. The fourth-order valence-electron chi connectivity index (χ4n) is 3.68. The molecule has 0 saturated carbocycles. The number of aromatic nitrogens is 1. The van der Waals surface area contributed by atoms with Crippen LogP contribution in [-0.4, -0.2) is 61.0 Å². The number of halogens is 1. The average molecular weight is 571 g/mol. The first-order chi connectivity index (χ1) is 15.2. The van der Waals surface area contributed by atoms with E-state index in [0.717, 1.165) is 31.5 Å². The van der Waals surface area contributed by atoms with E-state index in [9.17, 15) is 4.79 Å². The van der Waals surface area contributed by atoms with E-state index < -0.39 is 0 Å². The topological polar surface area (TPSA) is 81.7 Å². The number of hydrogen-bond acceptors (Lipinski definition) is 5. The molecule has 7 nitrogen and oxygen atoms in total. The summed E-state index contributed by atoms with van der Waals surface area (Å²) < 4.78 is 0. The Balaban J connectivity index is 0.00000363. The van der Waals surface area contributed by atoms with Crippen molar-refractivity contribution in [3.63, 3.8) is 0 Å². The van der Waals surface area contributed by atoms with Crippen molar-refractivity contribution in [2.45, 2.75) is 32.7 Å². The van der Waals surface area contributed by atoms with Crippen molar-refractivity contribution < 1.29 is 4.79 Å². The van der Waals surface area contributed by atoms with Crippen LogP contribution in [0.2, 0.25) is 0 Å². The molecule has 1 fully saturated rings. The van der Waals surface area contributed by atoms with E-state index in [2.05, 4.69) is 57.2 Å². The summed E-state index contributed by atoms with van der Waals surface area (Å²) in [7, 11) is 0. The van der Waals surface area contributed by atoms with Crippen LogP contribution in [0, 0.1) is 5.92 Å². The van der Waals surface area contributed by atoms with Gasteiger partial charge in [-0.25, -0.2) is 0 Å². The van der Waals surface area contributed by atoms with Crippen LogP contribution in [0.1, 0.15) is 48.0 Å². The molecule has 0 bridgehead atoms. The molecule has 0 aliphatic carbocycles. The first-order valence-corrected chi connectivity index (χ1v) is 12.0. The number of rotatable bonds is 9. The molecule has 0 radical (unpaired) electrons. The van der Waals surface area contributed by atoms with Gasteiger partial charge in [-0.2, -0.15) is 0 Å². The number of hydrogen-bond donors (Lipinski definition) is 3. The lowest BCUT2D eigenvalue weighted by molar-refractivity contribution is 0.0954. The van der Waals surface area contributed by atoms with Crippen molar-refractivity contribution >= 4 is 47.2 Å². The molecule has 0 aromatic carbocycles. The zero-order valence-electron chi connectivity index (χ0n) is 18.9. The monoisotopic (exact) mass is 570 g/mol. The minimum Gasteiger partial charge on any atom is -0.357 e. The molecule has 1 aliphatic rings. The third-order valence-corrected chi connectivity index (χ3v) is 6.50. The third kappa shape index (κ3) is 8.32. The van der Waals surface area contributed by atoms with E-state index in [-0.39, 0.29) is 29.9 Å². The van der Waals surface area contributed by atoms with Crippen LogP contribution in [0.15, 0.2) is 47.0 Å². The SMILES string of the molecule is CCNC(=NCC(c1cccs1)N1CCC(C)CC1)NCCNC(=O)c1cccnc1.I. The molecule has 32 heavy (non-hydrogen) atoms. The number of carbonyl (C=O) groups is 1. The summed E-state index contributed by atoms with van der Waals surface area (Å²) in [6.07, 6.45) is 5.73. The zero-order valence-corrected chi connectivity index (χ0v) is 22.1. The van der Waals surface area contributed by atoms with Gasteiger partial charge in [0.15, 0.2) is 5.96 Å². The summed E-state index contributed by atoms with van der Waals surface area (Å²) in [6, 6.07) is 8.17. The molecule has 2 aromatic rings. The van der Waals surface area contributed by atoms with Crippen LogP contribution >= 0.6 is 35.3 Å². The van der Waals surface area contributed by atoms with Gasteiger partial charge in [0, 0.05) is 36.9 Å². The highest BCUT2D eigenvalue weighted by Crippen LogP contribution is 2.29. The first kappa shape index (κ1) is 26.5. The second kappa shape index (κ2) is 14.4. The lowest BCUT2D eigenvalue weighted by Gasteiger charge is -2.35. The second-order valence-corrected chi connectivity index (χ2v) is 8.87. The molecule has 176 valence electrons. The van der Waals surface area contributed by atoms with E-state index in [1.807, 2.05) is 11.3 Å². The average Bonchev–Trinajstić information content (AvgIpc) is 3.33. The standard InChI is InChI=1S/C23H34N6OS.HI/c1-3-25-23(27-12-11-26-22(30)19-6-4-10-24-16-19)28-17-20(21-7-5-15-31-21)29-13-8-18(2)9-14-29;/h4-7,10,15-16,18,20H,3,8-9,11-14,17H2,1-2H3,(H,26,30)(H2,25,27,28);1H. The third-order valence-electron chi connectivity index (χ3n) is 5.52.